The van der Waals surface area contributed by atoms with Crippen molar-refractivity contribution in [2.45, 2.75) is 63.2 Å². The van der Waals surface area contributed by atoms with Crippen molar-refractivity contribution in [1.29, 1.82) is 0 Å². The Labute approximate surface area is 107 Å². The molecule has 0 aromatic rings. The monoisotopic (exact) mass is 263 g/mol. The molecule has 1 rings (SSSR count). The highest BCUT2D eigenvalue weighted by Gasteiger charge is 2.48. The van der Waals surface area contributed by atoms with E-state index in [1.54, 1.807) is 4.90 Å². The van der Waals surface area contributed by atoms with Crippen molar-refractivity contribution in [2.24, 2.45) is 0 Å². The fourth-order valence-electron chi connectivity index (χ4n) is 2.68. The van der Waals surface area contributed by atoms with Crippen molar-refractivity contribution in [3.63, 3.8) is 0 Å². The van der Waals surface area contributed by atoms with Crippen molar-refractivity contribution in [2.75, 3.05) is 13.2 Å². The summed E-state index contributed by atoms with van der Waals surface area (Å²) in [4.78, 5) is 1.70. The smallest absolute Gasteiger partial charge is 0.109 e. The molecule has 0 amide bonds. The fourth-order valence-corrected chi connectivity index (χ4v) is 2.68. The number of aliphatic hydroxyl groups is 5. The molecule has 1 saturated heterocycles. The quantitative estimate of drug-likeness (QED) is 0.405. The molecule has 0 aromatic carbocycles. The molecule has 0 spiro atoms. The summed E-state index contributed by atoms with van der Waals surface area (Å²) in [7, 11) is 0. The third kappa shape index (κ3) is 3.01. The molecule has 0 aliphatic carbocycles. The third-order valence-electron chi connectivity index (χ3n) is 3.70. The Hall–Kier alpha value is -0.240. The number of hydrogen-bond donors (Lipinski definition) is 5. The normalized spacial score (nSPS) is 39.8. The van der Waals surface area contributed by atoms with E-state index in [1.807, 2.05) is 6.92 Å². The van der Waals surface area contributed by atoms with E-state index in [0.29, 0.717) is 6.54 Å². The number of likely N-dealkylation sites (tertiary alicyclic amines) is 1. The van der Waals surface area contributed by atoms with E-state index in [9.17, 15) is 25.5 Å². The summed E-state index contributed by atoms with van der Waals surface area (Å²) in [5.41, 5.74) is 0. The first-order valence-electron chi connectivity index (χ1n) is 6.54. The summed E-state index contributed by atoms with van der Waals surface area (Å²) in [5, 5.41) is 48.7. The van der Waals surface area contributed by atoms with Crippen LogP contribution in [0.1, 0.15) is 26.7 Å². The van der Waals surface area contributed by atoms with Crippen LogP contribution in [0.25, 0.3) is 0 Å². The van der Waals surface area contributed by atoms with E-state index in [-0.39, 0.29) is 6.61 Å². The van der Waals surface area contributed by atoms with Crippen LogP contribution in [0.2, 0.25) is 0 Å². The van der Waals surface area contributed by atoms with Gasteiger partial charge in [0.25, 0.3) is 0 Å². The zero-order valence-corrected chi connectivity index (χ0v) is 11.0. The molecule has 1 heterocycles. The molecule has 0 radical (unpaired) electrons. The number of hydrogen-bond acceptors (Lipinski definition) is 6. The molecule has 1 aliphatic heterocycles. The third-order valence-corrected chi connectivity index (χ3v) is 3.70. The van der Waals surface area contributed by atoms with Gasteiger partial charge < -0.3 is 25.5 Å². The van der Waals surface area contributed by atoms with E-state index in [2.05, 4.69) is 0 Å². The molecule has 6 heteroatoms. The lowest BCUT2D eigenvalue weighted by molar-refractivity contribution is -0.188. The van der Waals surface area contributed by atoms with Crippen molar-refractivity contribution in [3.8, 4) is 0 Å². The van der Waals surface area contributed by atoms with Gasteiger partial charge in [0, 0.05) is 0 Å². The first kappa shape index (κ1) is 15.8. The summed E-state index contributed by atoms with van der Waals surface area (Å²) in [6, 6.07) is -1.33. The Morgan fingerprint density at radius 1 is 1.11 bits per heavy atom. The van der Waals surface area contributed by atoms with Gasteiger partial charge >= 0.3 is 0 Å². The zero-order chi connectivity index (χ0) is 13.9. The minimum absolute atomic E-state index is 0.322. The van der Waals surface area contributed by atoms with E-state index in [0.717, 1.165) is 12.8 Å². The topological polar surface area (TPSA) is 104 Å². The summed E-state index contributed by atoms with van der Waals surface area (Å²) in [6.07, 6.45) is -2.88. The molecule has 0 saturated carbocycles. The van der Waals surface area contributed by atoms with Crippen LogP contribution in [-0.4, -0.2) is 80.1 Å². The Balaban J connectivity index is 2.94. The average molecular weight is 263 g/mol. The predicted molar refractivity (Wildman–Crippen MR) is 66.0 cm³/mol. The number of piperidine rings is 1. The van der Waals surface area contributed by atoms with Gasteiger partial charge in [-0.15, -0.1) is 0 Å². The first-order chi connectivity index (χ1) is 8.45. The molecule has 6 nitrogen and oxygen atoms in total. The van der Waals surface area contributed by atoms with Crippen LogP contribution in [-0.2, 0) is 0 Å². The lowest BCUT2D eigenvalue weighted by Crippen LogP contribution is -2.69. The van der Waals surface area contributed by atoms with Gasteiger partial charge in [-0.1, -0.05) is 13.3 Å². The maximum absolute atomic E-state index is 9.97. The Morgan fingerprint density at radius 2 is 1.72 bits per heavy atom. The molecular weight excluding hydrogens is 238 g/mol. The zero-order valence-electron chi connectivity index (χ0n) is 11.0. The highest BCUT2D eigenvalue weighted by molar-refractivity contribution is 5.01. The lowest BCUT2D eigenvalue weighted by atomic mass is 9.85. The van der Waals surface area contributed by atoms with Crippen LogP contribution in [0.3, 0.4) is 0 Å². The second-order valence-electron chi connectivity index (χ2n) is 5.04. The number of aliphatic hydroxyl groups excluding tert-OH is 5. The van der Waals surface area contributed by atoms with Gasteiger partial charge in [0.05, 0.1) is 24.8 Å². The molecular formula is C12H25NO5. The standard InChI is InChI=1S/C12H25NO5/c1-3-4-5-13-8(6-14)10(16)12(18)11(17)9(13)7(2)15/h7-12,14-18H,3-6H2,1-2H3/t7?,8-,9+,10-,11+,12+/m1/s1. The van der Waals surface area contributed by atoms with Crippen molar-refractivity contribution in [3.05, 3.63) is 0 Å². The molecule has 5 N–H and O–H groups in total. The van der Waals surface area contributed by atoms with Gasteiger partial charge in [-0.3, -0.25) is 4.90 Å². The Morgan fingerprint density at radius 3 is 2.17 bits per heavy atom. The van der Waals surface area contributed by atoms with Crippen molar-refractivity contribution < 1.29 is 25.5 Å². The van der Waals surface area contributed by atoms with Gasteiger partial charge in [-0.2, -0.15) is 0 Å². The van der Waals surface area contributed by atoms with Gasteiger partial charge in [0.15, 0.2) is 0 Å². The maximum Gasteiger partial charge on any atom is 0.109 e. The average Bonchev–Trinajstić information content (AvgIpc) is 2.33. The van der Waals surface area contributed by atoms with E-state index >= 15 is 0 Å². The lowest BCUT2D eigenvalue weighted by Gasteiger charge is -2.49. The number of unbranched alkanes of at least 4 members (excludes halogenated alkanes) is 1. The van der Waals surface area contributed by atoms with Gasteiger partial charge in [-0.25, -0.2) is 0 Å². The van der Waals surface area contributed by atoms with Gasteiger partial charge in [-0.05, 0) is 19.9 Å². The largest absolute Gasteiger partial charge is 0.395 e. The molecule has 1 unspecified atom stereocenters. The highest BCUT2D eigenvalue weighted by atomic mass is 16.4. The fraction of sp³-hybridized carbons (Fsp3) is 1.00. The first-order valence-corrected chi connectivity index (χ1v) is 6.54. The van der Waals surface area contributed by atoms with Crippen LogP contribution >= 0.6 is 0 Å². The van der Waals surface area contributed by atoms with Gasteiger partial charge in [0.2, 0.25) is 0 Å². The minimum Gasteiger partial charge on any atom is -0.395 e. The van der Waals surface area contributed by atoms with E-state index in [4.69, 9.17) is 0 Å². The molecule has 0 aromatic heterocycles. The van der Waals surface area contributed by atoms with Crippen LogP contribution in [0.15, 0.2) is 0 Å². The maximum atomic E-state index is 9.97. The van der Waals surface area contributed by atoms with Crippen molar-refractivity contribution >= 4 is 0 Å². The summed E-state index contributed by atoms with van der Waals surface area (Å²) in [6.45, 7) is 3.78. The highest BCUT2D eigenvalue weighted by Crippen LogP contribution is 2.27. The number of rotatable bonds is 5. The molecule has 108 valence electrons. The predicted octanol–water partition coefficient (Wildman–Crippen LogP) is -1.70. The second kappa shape index (κ2) is 6.79. The van der Waals surface area contributed by atoms with Gasteiger partial charge in [0.1, 0.15) is 18.3 Å². The van der Waals surface area contributed by atoms with E-state index in [1.165, 1.54) is 6.92 Å². The minimum atomic E-state index is -1.35. The molecule has 1 fully saturated rings. The molecule has 18 heavy (non-hydrogen) atoms. The summed E-state index contributed by atoms with van der Waals surface area (Å²) in [5.74, 6) is 0. The SMILES string of the molecule is CCCCN1[C@H](CO)[C@@H](O)[C@H](O)[C@@H](O)[C@@H]1C(C)O. The van der Waals surface area contributed by atoms with Crippen molar-refractivity contribution in [1.82, 2.24) is 4.90 Å². The molecule has 6 atom stereocenters. The number of nitrogens with zero attached hydrogens (tertiary/aromatic N) is 1. The Kier molecular flexibility index (Phi) is 5.97. The summed E-state index contributed by atoms with van der Waals surface area (Å²) < 4.78 is 0. The molecule has 1 aliphatic rings. The van der Waals surface area contributed by atoms with E-state index < -0.39 is 36.5 Å². The van der Waals surface area contributed by atoms with Crippen LogP contribution < -0.4 is 0 Å². The van der Waals surface area contributed by atoms with Crippen LogP contribution in [0.4, 0.5) is 0 Å². The summed E-state index contributed by atoms with van der Waals surface area (Å²) >= 11 is 0. The Bertz CT molecular complexity index is 251. The van der Waals surface area contributed by atoms with Crippen LogP contribution in [0, 0.1) is 0 Å². The molecule has 0 bridgehead atoms. The van der Waals surface area contributed by atoms with Crippen LogP contribution in [0.5, 0.6) is 0 Å². The second-order valence-corrected chi connectivity index (χ2v) is 5.04.